The lowest BCUT2D eigenvalue weighted by atomic mass is 10.1. The standard InChI is InChI=1S/C13H23N3O5/c1-5-14-10(17)9-8-15(6-7-16(9)11(18)19)12(20)21-13(2,3)4/h9H,5-8H2,1-4H3,(H,14,17)(H,18,19). The van der Waals surface area contributed by atoms with Crippen LogP contribution in [0.3, 0.4) is 0 Å². The fourth-order valence-corrected chi connectivity index (χ4v) is 2.02. The Kier molecular flexibility index (Phi) is 5.40. The van der Waals surface area contributed by atoms with Gasteiger partial charge in [0.25, 0.3) is 0 Å². The van der Waals surface area contributed by atoms with E-state index in [1.165, 1.54) is 4.90 Å². The summed E-state index contributed by atoms with van der Waals surface area (Å²) in [4.78, 5) is 37.6. The third-order valence-electron chi connectivity index (χ3n) is 2.93. The average Bonchev–Trinajstić information content (AvgIpc) is 2.36. The minimum atomic E-state index is -1.17. The van der Waals surface area contributed by atoms with E-state index < -0.39 is 29.7 Å². The maximum Gasteiger partial charge on any atom is 0.410 e. The first kappa shape index (κ1) is 17.1. The van der Waals surface area contributed by atoms with Crippen LogP contribution in [0.5, 0.6) is 0 Å². The van der Waals surface area contributed by atoms with Gasteiger partial charge in [-0.25, -0.2) is 9.59 Å². The van der Waals surface area contributed by atoms with Crippen molar-refractivity contribution in [3.63, 3.8) is 0 Å². The van der Waals surface area contributed by atoms with Crippen LogP contribution in [-0.2, 0) is 9.53 Å². The Balaban J connectivity index is 2.79. The Hall–Kier alpha value is -1.99. The van der Waals surface area contributed by atoms with Crippen molar-refractivity contribution in [2.45, 2.75) is 39.3 Å². The van der Waals surface area contributed by atoms with Gasteiger partial charge in [0.1, 0.15) is 11.6 Å². The molecule has 1 fully saturated rings. The van der Waals surface area contributed by atoms with Gasteiger partial charge in [-0.15, -0.1) is 0 Å². The molecule has 1 unspecified atom stereocenters. The second-order valence-corrected chi connectivity index (χ2v) is 5.81. The molecule has 1 atom stereocenters. The molecule has 0 aromatic rings. The molecule has 2 N–H and O–H groups in total. The number of ether oxygens (including phenoxy) is 1. The molecule has 0 radical (unpaired) electrons. The Morgan fingerprint density at radius 1 is 1.29 bits per heavy atom. The van der Waals surface area contributed by atoms with Crippen LogP contribution in [0, 0.1) is 0 Å². The molecule has 1 heterocycles. The molecule has 1 aliphatic rings. The molecule has 1 rings (SSSR count). The summed E-state index contributed by atoms with van der Waals surface area (Å²) in [5.74, 6) is -0.409. The third kappa shape index (κ3) is 4.80. The van der Waals surface area contributed by atoms with Crippen LogP contribution in [0.2, 0.25) is 0 Å². The van der Waals surface area contributed by atoms with Gasteiger partial charge in [-0.3, -0.25) is 9.69 Å². The molecular formula is C13H23N3O5. The van der Waals surface area contributed by atoms with E-state index >= 15 is 0 Å². The van der Waals surface area contributed by atoms with Crippen LogP contribution in [0.15, 0.2) is 0 Å². The Bertz CT molecular complexity index is 419. The van der Waals surface area contributed by atoms with Crippen LogP contribution in [0.25, 0.3) is 0 Å². The molecule has 21 heavy (non-hydrogen) atoms. The zero-order chi connectivity index (χ0) is 16.2. The Morgan fingerprint density at radius 2 is 1.90 bits per heavy atom. The van der Waals surface area contributed by atoms with Crippen molar-refractivity contribution in [2.75, 3.05) is 26.2 Å². The summed E-state index contributed by atoms with van der Waals surface area (Å²) in [6.07, 6.45) is -1.71. The second-order valence-electron chi connectivity index (χ2n) is 5.81. The largest absolute Gasteiger partial charge is 0.465 e. The van der Waals surface area contributed by atoms with E-state index in [0.717, 1.165) is 4.90 Å². The number of carbonyl (C=O) groups is 3. The molecule has 8 nitrogen and oxygen atoms in total. The molecule has 120 valence electrons. The Labute approximate surface area is 124 Å². The van der Waals surface area contributed by atoms with Gasteiger partial charge >= 0.3 is 12.2 Å². The van der Waals surface area contributed by atoms with E-state index in [-0.39, 0.29) is 19.6 Å². The highest BCUT2D eigenvalue weighted by Gasteiger charge is 2.38. The number of nitrogens with one attached hydrogen (secondary N) is 1. The van der Waals surface area contributed by atoms with Crippen molar-refractivity contribution >= 4 is 18.1 Å². The van der Waals surface area contributed by atoms with Gasteiger partial charge in [0.15, 0.2) is 0 Å². The highest BCUT2D eigenvalue weighted by atomic mass is 16.6. The number of amides is 3. The van der Waals surface area contributed by atoms with Crippen molar-refractivity contribution in [2.24, 2.45) is 0 Å². The molecular weight excluding hydrogens is 278 g/mol. The maximum atomic E-state index is 12.0. The lowest BCUT2D eigenvalue weighted by molar-refractivity contribution is -0.127. The van der Waals surface area contributed by atoms with Crippen molar-refractivity contribution in [1.29, 1.82) is 0 Å². The highest BCUT2D eigenvalue weighted by molar-refractivity contribution is 5.86. The van der Waals surface area contributed by atoms with E-state index in [1.807, 2.05) is 0 Å². The zero-order valence-corrected chi connectivity index (χ0v) is 12.9. The first-order valence-electron chi connectivity index (χ1n) is 6.91. The quantitative estimate of drug-likeness (QED) is 0.783. The van der Waals surface area contributed by atoms with Crippen LogP contribution in [0.4, 0.5) is 9.59 Å². The molecule has 0 spiro atoms. The van der Waals surface area contributed by atoms with E-state index in [0.29, 0.717) is 6.54 Å². The molecule has 1 aliphatic heterocycles. The van der Waals surface area contributed by atoms with Crippen LogP contribution in [-0.4, -0.2) is 70.8 Å². The second kappa shape index (κ2) is 6.64. The summed E-state index contributed by atoms with van der Waals surface area (Å²) < 4.78 is 5.25. The van der Waals surface area contributed by atoms with Gasteiger partial charge in [-0.05, 0) is 27.7 Å². The number of rotatable bonds is 2. The number of carbonyl (C=O) groups excluding carboxylic acids is 2. The van der Waals surface area contributed by atoms with Crippen LogP contribution < -0.4 is 5.32 Å². The number of likely N-dealkylation sites (N-methyl/N-ethyl adjacent to an activating group) is 1. The minimum absolute atomic E-state index is 0.00690. The lowest BCUT2D eigenvalue weighted by Gasteiger charge is -2.39. The SMILES string of the molecule is CCNC(=O)C1CN(C(=O)OC(C)(C)C)CCN1C(=O)O. The molecule has 0 aromatic heterocycles. The zero-order valence-electron chi connectivity index (χ0n) is 12.9. The van der Waals surface area contributed by atoms with Crippen molar-refractivity contribution in [1.82, 2.24) is 15.1 Å². The number of hydrogen-bond donors (Lipinski definition) is 2. The number of carboxylic acid groups (broad SMARTS) is 1. The van der Waals surface area contributed by atoms with Crippen molar-refractivity contribution < 1.29 is 24.2 Å². The van der Waals surface area contributed by atoms with Crippen molar-refractivity contribution in [3.8, 4) is 0 Å². The molecule has 0 aromatic carbocycles. The number of hydrogen-bond acceptors (Lipinski definition) is 4. The smallest absolute Gasteiger partial charge is 0.410 e. The summed E-state index contributed by atoms with van der Waals surface area (Å²) in [6, 6.07) is -0.913. The molecule has 8 heteroatoms. The maximum absolute atomic E-state index is 12.0. The van der Waals surface area contributed by atoms with Crippen molar-refractivity contribution in [3.05, 3.63) is 0 Å². The first-order valence-corrected chi connectivity index (χ1v) is 6.91. The van der Waals surface area contributed by atoms with Gasteiger partial charge in [-0.2, -0.15) is 0 Å². The normalized spacial score (nSPS) is 19.1. The summed E-state index contributed by atoms with van der Waals surface area (Å²) in [5.41, 5.74) is -0.637. The molecule has 3 amide bonds. The Morgan fingerprint density at radius 3 is 2.38 bits per heavy atom. The molecule has 0 bridgehead atoms. The van der Waals surface area contributed by atoms with Gasteiger partial charge in [0.05, 0.1) is 6.54 Å². The highest BCUT2D eigenvalue weighted by Crippen LogP contribution is 2.15. The van der Waals surface area contributed by atoms with Gasteiger partial charge in [0, 0.05) is 19.6 Å². The molecule has 1 saturated heterocycles. The lowest BCUT2D eigenvalue weighted by Crippen LogP contribution is -2.61. The van der Waals surface area contributed by atoms with E-state index in [4.69, 9.17) is 9.84 Å². The first-order chi connectivity index (χ1) is 9.65. The van der Waals surface area contributed by atoms with Gasteiger partial charge in [-0.1, -0.05) is 0 Å². The van der Waals surface area contributed by atoms with E-state index in [1.54, 1.807) is 27.7 Å². The van der Waals surface area contributed by atoms with Gasteiger partial charge < -0.3 is 20.1 Å². The monoisotopic (exact) mass is 301 g/mol. The third-order valence-corrected chi connectivity index (χ3v) is 2.93. The van der Waals surface area contributed by atoms with E-state index in [9.17, 15) is 14.4 Å². The van der Waals surface area contributed by atoms with E-state index in [2.05, 4.69) is 5.32 Å². The fraction of sp³-hybridized carbons (Fsp3) is 0.769. The topological polar surface area (TPSA) is 99.2 Å². The molecule has 0 aliphatic carbocycles. The van der Waals surface area contributed by atoms with Crippen LogP contribution in [0.1, 0.15) is 27.7 Å². The van der Waals surface area contributed by atoms with Crippen LogP contribution >= 0.6 is 0 Å². The summed E-state index contributed by atoms with van der Waals surface area (Å²) in [7, 11) is 0. The molecule has 0 saturated carbocycles. The number of piperazine rings is 1. The predicted octanol–water partition coefficient (Wildman–Crippen LogP) is 0.722. The average molecular weight is 301 g/mol. The number of nitrogens with zero attached hydrogens (tertiary/aromatic N) is 2. The summed E-state index contributed by atoms with van der Waals surface area (Å²) in [5, 5.41) is 11.7. The fourth-order valence-electron chi connectivity index (χ4n) is 2.02. The minimum Gasteiger partial charge on any atom is -0.465 e. The van der Waals surface area contributed by atoms with Gasteiger partial charge in [0.2, 0.25) is 5.91 Å². The predicted molar refractivity (Wildman–Crippen MR) is 75.0 cm³/mol. The summed E-state index contributed by atoms with van der Waals surface area (Å²) >= 11 is 0. The summed E-state index contributed by atoms with van der Waals surface area (Å²) in [6.45, 7) is 7.67.